The van der Waals surface area contributed by atoms with Crippen LogP contribution in [-0.2, 0) is 0 Å². The van der Waals surface area contributed by atoms with Gasteiger partial charge in [0.2, 0.25) is 0 Å². The van der Waals surface area contributed by atoms with Gasteiger partial charge in [0.05, 0.1) is 0 Å². The molecule has 6 rings (SSSR count). The maximum absolute atomic E-state index is 2.75. The number of hydrogen-bond donors (Lipinski definition) is 0. The van der Waals surface area contributed by atoms with Crippen molar-refractivity contribution in [2.45, 2.75) is 73.6 Å². The van der Waals surface area contributed by atoms with E-state index in [1.165, 1.54) is 12.8 Å². The normalized spacial score (nSPS) is 75.3. The molecule has 6 aliphatic carbocycles. The second kappa shape index (κ2) is 2.79. The van der Waals surface area contributed by atoms with Gasteiger partial charge in [0.25, 0.3) is 0 Å². The summed E-state index contributed by atoms with van der Waals surface area (Å²) in [5, 5.41) is 0. The summed E-state index contributed by atoms with van der Waals surface area (Å²) in [5.41, 5.74) is 3.58. The Morgan fingerprint density at radius 2 is 1.80 bits per heavy atom. The second-order valence-electron chi connectivity index (χ2n) is 9.98. The fourth-order valence-corrected chi connectivity index (χ4v) is 10.5. The van der Waals surface area contributed by atoms with Crippen molar-refractivity contribution < 1.29 is 0 Å². The van der Waals surface area contributed by atoms with Crippen LogP contribution in [0.25, 0.3) is 0 Å². The molecule has 20 heavy (non-hydrogen) atoms. The van der Waals surface area contributed by atoms with E-state index in [-0.39, 0.29) is 0 Å². The Labute approximate surface area is 125 Å². The molecule has 0 heterocycles. The Morgan fingerprint density at radius 3 is 2.35 bits per heavy atom. The van der Waals surface area contributed by atoms with Gasteiger partial charge in [-0.1, -0.05) is 48.0 Å². The van der Waals surface area contributed by atoms with Crippen molar-refractivity contribution in [1.82, 2.24) is 0 Å². The van der Waals surface area contributed by atoms with Crippen LogP contribution in [-0.4, -0.2) is 0 Å². The van der Waals surface area contributed by atoms with Crippen LogP contribution in [0, 0.1) is 50.7 Å². The summed E-state index contributed by atoms with van der Waals surface area (Å²) in [5.74, 6) is 4.23. The smallest absolute Gasteiger partial charge is 0.0145 e. The second-order valence-corrected chi connectivity index (χ2v) is 9.98. The van der Waals surface area contributed by atoms with Gasteiger partial charge in [0, 0.05) is 0 Å². The molecule has 0 heteroatoms. The van der Waals surface area contributed by atoms with Crippen molar-refractivity contribution in [1.29, 1.82) is 0 Å². The van der Waals surface area contributed by atoms with E-state index in [2.05, 4.69) is 41.5 Å². The Balaban J connectivity index is 1.67. The Kier molecular flexibility index (Phi) is 1.75. The van der Waals surface area contributed by atoms with Crippen LogP contribution in [0.4, 0.5) is 0 Å². The zero-order chi connectivity index (χ0) is 14.3. The quantitative estimate of drug-likeness (QED) is 0.621. The van der Waals surface area contributed by atoms with Crippen molar-refractivity contribution in [2.24, 2.45) is 50.7 Å². The van der Waals surface area contributed by atoms with E-state index in [9.17, 15) is 0 Å². The van der Waals surface area contributed by atoms with Gasteiger partial charge in [-0.15, -0.1) is 0 Å². The van der Waals surface area contributed by atoms with Crippen LogP contribution in [0.3, 0.4) is 0 Å². The van der Waals surface area contributed by atoms with Gasteiger partial charge in [-0.2, -0.15) is 0 Å². The van der Waals surface area contributed by atoms with E-state index in [0.717, 1.165) is 34.5 Å². The lowest BCUT2D eigenvalue weighted by Gasteiger charge is -2.99. The number of fused-ring (bicyclic) bond motifs is 5. The molecule has 0 amide bonds. The van der Waals surface area contributed by atoms with Gasteiger partial charge in [-0.3, -0.25) is 0 Å². The van der Waals surface area contributed by atoms with Crippen LogP contribution < -0.4 is 0 Å². The molecule has 0 N–H and O–H groups in total. The summed E-state index contributed by atoms with van der Waals surface area (Å²) in [6.45, 7) is 15.7. The summed E-state index contributed by atoms with van der Waals surface area (Å²) in [6.07, 6.45) is 7.62. The molecular weight excluding hydrogens is 240 g/mol. The molecule has 0 aromatic rings. The standard InChI is InChI=1S/C20H32/c1-7-13-10-20-11-19(13,8-2)18(20,6)17(5)15(20)14-9-12(3)16(14,17)4/h12-15H,7-11H2,1-6H3. The maximum atomic E-state index is 2.75. The topological polar surface area (TPSA) is 0 Å². The summed E-state index contributed by atoms with van der Waals surface area (Å²) < 4.78 is 0. The van der Waals surface area contributed by atoms with Gasteiger partial charge >= 0.3 is 0 Å². The summed E-state index contributed by atoms with van der Waals surface area (Å²) in [6, 6.07) is 0. The monoisotopic (exact) mass is 272 g/mol. The van der Waals surface area contributed by atoms with Gasteiger partial charge in [-0.05, 0) is 76.4 Å². The molecule has 9 atom stereocenters. The number of hydrogen-bond acceptors (Lipinski definition) is 0. The lowest BCUT2D eigenvalue weighted by Crippen LogP contribution is -2.94. The first-order valence-electron chi connectivity index (χ1n) is 9.32. The maximum Gasteiger partial charge on any atom is -0.0145 e. The van der Waals surface area contributed by atoms with E-state index in [1.807, 2.05) is 0 Å². The lowest BCUT2D eigenvalue weighted by atomic mass is 9.05. The molecule has 6 fully saturated rings. The highest BCUT2D eigenvalue weighted by molar-refractivity contribution is 5.48. The van der Waals surface area contributed by atoms with E-state index in [4.69, 9.17) is 0 Å². The van der Waals surface area contributed by atoms with Crippen molar-refractivity contribution >= 4 is 0 Å². The minimum absolute atomic E-state index is 0.681. The van der Waals surface area contributed by atoms with Gasteiger partial charge in [0.1, 0.15) is 0 Å². The fraction of sp³-hybridized carbons (Fsp3) is 1.00. The summed E-state index contributed by atoms with van der Waals surface area (Å²) in [7, 11) is 0. The zero-order valence-electron chi connectivity index (χ0n) is 14.3. The van der Waals surface area contributed by atoms with Crippen LogP contribution in [0.15, 0.2) is 0 Å². The molecule has 0 aliphatic heterocycles. The molecule has 0 aromatic heterocycles. The average molecular weight is 272 g/mol. The molecule has 0 saturated heterocycles. The third-order valence-corrected chi connectivity index (χ3v) is 11.3. The Morgan fingerprint density at radius 1 is 1.10 bits per heavy atom. The fourth-order valence-electron chi connectivity index (χ4n) is 10.5. The minimum Gasteiger partial charge on any atom is -0.0651 e. The van der Waals surface area contributed by atoms with E-state index >= 15 is 0 Å². The van der Waals surface area contributed by atoms with Crippen molar-refractivity contribution in [2.75, 3.05) is 0 Å². The highest BCUT2D eigenvalue weighted by Crippen LogP contribution is 3.06. The van der Waals surface area contributed by atoms with Gasteiger partial charge in [-0.25, -0.2) is 0 Å². The Bertz CT molecular complexity index is 518. The minimum atomic E-state index is 0.681. The van der Waals surface area contributed by atoms with Crippen LogP contribution >= 0.6 is 0 Å². The first kappa shape index (κ1) is 12.5. The zero-order valence-corrected chi connectivity index (χ0v) is 14.3. The highest BCUT2D eigenvalue weighted by Gasteiger charge is 3.01. The molecule has 1 spiro atoms. The molecule has 0 radical (unpaired) electrons. The lowest BCUT2D eigenvalue weighted by molar-refractivity contribution is -0.519. The molecule has 112 valence electrons. The molecule has 2 bridgehead atoms. The third kappa shape index (κ3) is 0.642. The Hall–Kier alpha value is 0. The predicted molar refractivity (Wildman–Crippen MR) is 83.3 cm³/mol. The molecule has 0 nitrogen and oxygen atoms in total. The van der Waals surface area contributed by atoms with E-state index in [1.54, 1.807) is 19.3 Å². The third-order valence-electron chi connectivity index (χ3n) is 11.3. The van der Waals surface area contributed by atoms with Crippen LogP contribution in [0.2, 0.25) is 0 Å². The first-order valence-corrected chi connectivity index (χ1v) is 9.32. The number of rotatable bonds is 2. The van der Waals surface area contributed by atoms with Crippen LogP contribution in [0.1, 0.15) is 73.6 Å². The van der Waals surface area contributed by atoms with E-state index in [0.29, 0.717) is 16.2 Å². The predicted octanol–water partition coefficient (Wildman–Crippen LogP) is 5.52. The average Bonchev–Trinajstić information content (AvgIpc) is 2.90. The largest absolute Gasteiger partial charge is 0.0651 e. The molecule has 6 aliphatic rings. The summed E-state index contributed by atoms with van der Waals surface area (Å²) >= 11 is 0. The molecule has 0 aromatic carbocycles. The highest BCUT2D eigenvalue weighted by atomic mass is 15.0. The summed E-state index contributed by atoms with van der Waals surface area (Å²) in [4.78, 5) is 0. The molecule has 9 unspecified atom stereocenters. The molecular formula is C20H32. The van der Waals surface area contributed by atoms with Crippen molar-refractivity contribution in [3.8, 4) is 0 Å². The van der Waals surface area contributed by atoms with Gasteiger partial charge in [0.15, 0.2) is 0 Å². The van der Waals surface area contributed by atoms with Crippen LogP contribution in [0.5, 0.6) is 0 Å². The molecule has 6 saturated carbocycles. The van der Waals surface area contributed by atoms with E-state index < -0.39 is 0 Å². The van der Waals surface area contributed by atoms with Gasteiger partial charge < -0.3 is 0 Å². The van der Waals surface area contributed by atoms with Crippen molar-refractivity contribution in [3.63, 3.8) is 0 Å². The SMILES string of the molecule is CCC1CC23CC1(CC)C2(C)C1(C)C3C2CC(C)C21C. The van der Waals surface area contributed by atoms with Crippen molar-refractivity contribution in [3.05, 3.63) is 0 Å². The first-order chi connectivity index (χ1) is 9.32.